The number of thioether (sulfide) groups is 2. The van der Waals surface area contributed by atoms with Crippen LogP contribution < -0.4 is 5.32 Å². The van der Waals surface area contributed by atoms with Gasteiger partial charge in [0.05, 0.1) is 30.6 Å². The summed E-state index contributed by atoms with van der Waals surface area (Å²) < 4.78 is 58.0. The summed E-state index contributed by atoms with van der Waals surface area (Å²) in [4.78, 5) is 74.2. The number of nitrogens with one attached hydrogen (secondary N) is 1. The fourth-order valence-electron chi connectivity index (χ4n) is 8.27. The summed E-state index contributed by atoms with van der Waals surface area (Å²) in [6.45, 7) is 14.6. The van der Waals surface area contributed by atoms with Crippen LogP contribution in [-0.4, -0.2) is 99.7 Å². The van der Waals surface area contributed by atoms with Crippen molar-refractivity contribution in [1.82, 2.24) is 15.1 Å². The molecule has 3 saturated heterocycles. The molecule has 3 amide bonds. The van der Waals surface area contributed by atoms with E-state index in [4.69, 9.17) is 15.6 Å². The second-order valence-electron chi connectivity index (χ2n) is 17.2. The Balaban J connectivity index is 1.16. The topological polar surface area (TPSA) is 144 Å². The second kappa shape index (κ2) is 21.1. The van der Waals surface area contributed by atoms with Gasteiger partial charge in [0.15, 0.2) is 10.2 Å². The van der Waals surface area contributed by atoms with Gasteiger partial charge in [0.1, 0.15) is 12.1 Å². The zero-order chi connectivity index (χ0) is 45.5. The van der Waals surface area contributed by atoms with E-state index in [1.165, 1.54) is 12.1 Å². The second-order valence-corrected chi connectivity index (χ2v) is 22.6. The Morgan fingerprint density at radius 1 is 0.952 bits per heavy atom. The minimum Gasteiger partial charge on any atom is -0.340 e. The van der Waals surface area contributed by atoms with Crippen molar-refractivity contribution in [2.45, 2.75) is 115 Å². The SMILES string of the molecule is [C-]#[N+][C@@H]1CN(C(=O)[C@@H]2CC[C@@H]3CCCC[C@H](NC(=O)c4cc5cc(C(F)(F)P(=O)(OCCSC(=O)CCC)OCCSC(=O)C(C)(C)C)ccc5s4)C(=O)N32)C[C@H]1c1ccccc1. The molecule has 4 heterocycles. The summed E-state index contributed by atoms with van der Waals surface area (Å²) in [5.74, 6) is -1.28. The maximum Gasteiger partial charge on any atom is 0.404 e. The average molecular weight is 945 g/mol. The standard InChI is InChI=1S/C45H55F2N4O8PS3/c1-6-12-39(52)61-23-21-58-60(57,59-22-24-62-43(56)44(2,3)4)45(46,47)31-17-20-37-30(25-31)26-38(63-37)40(53)49-34-16-11-10-15-32-18-19-36(51(32)41(34)54)42(55)50-27-33(35(28-50)48-5)29-13-8-7-9-14-29/h7-9,13-14,17,20,25-26,32-36H,6,10-12,15-16,18-19,21-24,27-28H2,1-4H3,(H,49,53)/t32-,33-,34-,35+,36-,60?/m0/s1. The molecule has 3 aromatic rings. The van der Waals surface area contributed by atoms with Crippen LogP contribution in [-0.2, 0) is 38.5 Å². The number of halogens is 2. The molecule has 6 rings (SSSR count). The number of hydrogen-bond acceptors (Lipinski definition) is 11. The van der Waals surface area contributed by atoms with Gasteiger partial charge in [-0.05, 0) is 61.3 Å². The molecule has 1 unspecified atom stereocenters. The quantitative estimate of drug-likeness (QED) is 0.0838. The van der Waals surface area contributed by atoms with Crippen molar-refractivity contribution in [3.05, 3.63) is 82.0 Å². The number of fused-ring (bicyclic) bond motifs is 2. The van der Waals surface area contributed by atoms with Gasteiger partial charge < -0.3 is 29.0 Å². The minimum atomic E-state index is -5.24. The first kappa shape index (κ1) is 48.8. The minimum absolute atomic E-state index is 0.0161. The van der Waals surface area contributed by atoms with E-state index in [0.717, 1.165) is 65.4 Å². The highest BCUT2D eigenvalue weighted by atomic mass is 32.2. The van der Waals surface area contributed by atoms with Gasteiger partial charge in [-0.3, -0.25) is 28.5 Å². The Kier molecular flexibility index (Phi) is 16.4. The van der Waals surface area contributed by atoms with Gasteiger partial charge in [0.2, 0.25) is 17.9 Å². The molecule has 0 aliphatic carbocycles. The summed E-state index contributed by atoms with van der Waals surface area (Å²) in [5.41, 5.74) is -4.50. The Hall–Kier alpha value is -3.65. The fourth-order valence-corrected chi connectivity index (χ4v) is 12.5. The first-order valence-corrected chi connectivity index (χ1v) is 25.8. The molecule has 0 bridgehead atoms. The van der Waals surface area contributed by atoms with Crippen LogP contribution in [0.2, 0.25) is 0 Å². The van der Waals surface area contributed by atoms with Crippen LogP contribution in [0.1, 0.15) is 106 Å². The molecule has 0 saturated carbocycles. The summed E-state index contributed by atoms with van der Waals surface area (Å²) in [7, 11) is -5.24. The van der Waals surface area contributed by atoms with Crippen molar-refractivity contribution in [3.8, 4) is 0 Å². The summed E-state index contributed by atoms with van der Waals surface area (Å²) in [5, 5.41) is 2.83. The van der Waals surface area contributed by atoms with E-state index in [9.17, 15) is 28.5 Å². The normalized spacial score (nSPS) is 22.8. The lowest BCUT2D eigenvalue weighted by Gasteiger charge is -2.36. The number of hydrogen-bond donors (Lipinski definition) is 1. The van der Waals surface area contributed by atoms with Crippen LogP contribution in [0.5, 0.6) is 0 Å². The Labute approximate surface area is 380 Å². The van der Waals surface area contributed by atoms with Gasteiger partial charge in [-0.15, -0.1) is 11.3 Å². The highest BCUT2D eigenvalue weighted by Gasteiger charge is 2.55. The molecular weight excluding hydrogens is 890 g/mol. The van der Waals surface area contributed by atoms with E-state index in [1.54, 1.807) is 30.6 Å². The lowest BCUT2D eigenvalue weighted by atomic mass is 9.95. The van der Waals surface area contributed by atoms with Gasteiger partial charge >= 0.3 is 13.3 Å². The zero-order valence-corrected chi connectivity index (χ0v) is 39.4. The molecule has 3 fully saturated rings. The van der Waals surface area contributed by atoms with Crippen molar-refractivity contribution in [2.75, 3.05) is 37.8 Å². The van der Waals surface area contributed by atoms with Crippen LogP contribution in [0.3, 0.4) is 0 Å². The third-order valence-electron chi connectivity index (χ3n) is 11.6. The number of rotatable bonds is 16. The highest BCUT2D eigenvalue weighted by Crippen LogP contribution is 2.67. The number of benzene rings is 2. The van der Waals surface area contributed by atoms with E-state index in [2.05, 4.69) is 10.2 Å². The molecule has 0 radical (unpaired) electrons. The third kappa shape index (κ3) is 11.4. The molecule has 1 aromatic heterocycles. The lowest BCUT2D eigenvalue weighted by Crippen LogP contribution is -2.56. The Morgan fingerprint density at radius 2 is 1.65 bits per heavy atom. The molecule has 12 nitrogen and oxygen atoms in total. The van der Waals surface area contributed by atoms with Gasteiger partial charge in [-0.25, -0.2) is 6.57 Å². The predicted molar refractivity (Wildman–Crippen MR) is 244 cm³/mol. The summed E-state index contributed by atoms with van der Waals surface area (Å²) in [6, 6.07) is 12.6. The van der Waals surface area contributed by atoms with Crippen molar-refractivity contribution in [2.24, 2.45) is 5.41 Å². The summed E-state index contributed by atoms with van der Waals surface area (Å²) in [6.07, 6.45) is 4.66. The van der Waals surface area contributed by atoms with Crippen molar-refractivity contribution in [1.29, 1.82) is 0 Å². The van der Waals surface area contributed by atoms with Gasteiger partial charge in [0.25, 0.3) is 5.91 Å². The van der Waals surface area contributed by atoms with Crippen molar-refractivity contribution < 1.29 is 46.4 Å². The van der Waals surface area contributed by atoms with Crippen LogP contribution >= 0.6 is 42.5 Å². The largest absolute Gasteiger partial charge is 0.404 e. The van der Waals surface area contributed by atoms with Crippen LogP contribution in [0, 0.1) is 12.0 Å². The van der Waals surface area contributed by atoms with Crippen molar-refractivity contribution in [3.63, 3.8) is 0 Å². The van der Waals surface area contributed by atoms with Gasteiger partial charge in [-0.2, -0.15) is 8.78 Å². The lowest BCUT2D eigenvalue weighted by molar-refractivity contribution is -0.146. The molecule has 6 atom stereocenters. The number of alkyl halides is 2. The maximum atomic E-state index is 16.4. The molecule has 3 aliphatic heterocycles. The average Bonchev–Trinajstić information content (AvgIpc) is 4.01. The number of likely N-dealkylation sites (tertiary alicyclic amines) is 1. The highest BCUT2D eigenvalue weighted by molar-refractivity contribution is 8.13. The maximum absolute atomic E-state index is 16.4. The number of carbonyl (C=O) groups is 5. The molecule has 2 aromatic carbocycles. The molecular formula is C45H55F2N4O8PS3. The van der Waals surface area contributed by atoms with Crippen LogP contribution in [0.4, 0.5) is 8.78 Å². The fraction of sp³-hybridized carbons (Fsp3) is 0.556. The van der Waals surface area contributed by atoms with E-state index in [1.807, 2.05) is 37.3 Å². The number of carbonyl (C=O) groups excluding carboxylic acids is 5. The Morgan fingerprint density at radius 3 is 2.33 bits per heavy atom. The molecule has 18 heteroatoms. The Bertz CT molecular complexity index is 2250. The molecule has 3 aliphatic rings. The first-order chi connectivity index (χ1) is 30.0. The van der Waals surface area contributed by atoms with Gasteiger partial charge in [0, 0.05) is 46.2 Å². The van der Waals surface area contributed by atoms with E-state index in [0.29, 0.717) is 49.8 Å². The van der Waals surface area contributed by atoms with E-state index in [-0.39, 0.29) is 62.3 Å². The van der Waals surface area contributed by atoms with E-state index < -0.39 is 61.5 Å². The molecule has 1 N–H and O–H groups in total. The predicted octanol–water partition coefficient (Wildman–Crippen LogP) is 9.49. The molecule has 340 valence electrons. The third-order valence-corrected chi connectivity index (χ3v) is 16.9. The molecule has 63 heavy (non-hydrogen) atoms. The van der Waals surface area contributed by atoms with Crippen LogP contribution in [0.15, 0.2) is 54.6 Å². The number of thiophene rings is 1. The zero-order valence-electron chi connectivity index (χ0n) is 36.0. The smallest absolute Gasteiger partial charge is 0.340 e. The monoisotopic (exact) mass is 944 g/mol. The number of nitrogens with zero attached hydrogens (tertiary/aromatic N) is 3. The number of amides is 3. The first-order valence-electron chi connectivity index (χ1n) is 21.4. The van der Waals surface area contributed by atoms with E-state index >= 15 is 8.78 Å². The van der Waals surface area contributed by atoms with Gasteiger partial charge in [-0.1, -0.05) is 100 Å². The van der Waals surface area contributed by atoms with Crippen LogP contribution in [0.25, 0.3) is 14.9 Å². The molecule has 0 spiro atoms. The van der Waals surface area contributed by atoms with Crippen molar-refractivity contribution >= 4 is 80.5 Å². The summed E-state index contributed by atoms with van der Waals surface area (Å²) >= 11 is 2.83.